The quantitative estimate of drug-likeness (QED) is 0.707. The molecule has 0 bridgehead atoms. The van der Waals surface area contributed by atoms with Gasteiger partial charge in [-0.2, -0.15) is 0 Å². The smallest absolute Gasteiger partial charge is 0.338 e. The van der Waals surface area contributed by atoms with Crippen molar-refractivity contribution in [2.45, 2.75) is 13.8 Å². The first kappa shape index (κ1) is 9.58. The highest BCUT2D eigenvalue weighted by Gasteiger charge is 2.07. The summed E-state index contributed by atoms with van der Waals surface area (Å²) in [6.07, 6.45) is 0. The number of benzene rings is 1. The van der Waals surface area contributed by atoms with Crippen LogP contribution in [0.5, 0.6) is 5.75 Å². The Kier molecular flexibility index (Phi) is 2.90. The van der Waals surface area contributed by atoms with Crippen LogP contribution in [0, 0.1) is 6.92 Å². The first-order valence-corrected chi connectivity index (χ1v) is 4.11. The van der Waals surface area contributed by atoms with Crippen LogP contribution in [0.1, 0.15) is 22.8 Å². The third-order valence-electron chi connectivity index (χ3n) is 1.57. The van der Waals surface area contributed by atoms with Crippen LogP contribution in [0.3, 0.4) is 0 Å². The fraction of sp³-hybridized carbons (Fsp3) is 0.300. The van der Waals surface area contributed by atoms with Crippen LogP contribution < -0.4 is 0 Å². The van der Waals surface area contributed by atoms with E-state index in [2.05, 4.69) is 0 Å². The SMILES string of the molecule is CCOC(=O)c1cc(C)cc(O)c1. The lowest BCUT2D eigenvalue weighted by atomic mass is 10.1. The van der Waals surface area contributed by atoms with Crippen molar-refractivity contribution in [3.63, 3.8) is 0 Å². The Labute approximate surface area is 77.0 Å². The van der Waals surface area contributed by atoms with Crippen LogP contribution in [0.4, 0.5) is 0 Å². The maximum absolute atomic E-state index is 11.2. The van der Waals surface area contributed by atoms with E-state index in [0.29, 0.717) is 12.2 Å². The summed E-state index contributed by atoms with van der Waals surface area (Å²) in [5, 5.41) is 9.20. The summed E-state index contributed by atoms with van der Waals surface area (Å²) < 4.78 is 4.79. The van der Waals surface area contributed by atoms with Gasteiger partial charge in [0.15, 0.2) is 0 Å². The van der Waals surface area contributed by atoms with Crippen molar-refractivity contribution in [3.05, 3.63) is 29.3 Å². The van der Waals surface area contributed by atoms with Crippen molar-refractivity contribution in [1.29, 1.82) is 0 Å². The Bertz CT molecular complexity index is 298. The monoisotopic (exact) mass is 180 g/mol. The van der Waals surface area contributed by atoms with Crippen LogP contribution in [0.2, 0.25) is 0 Å². The Morgan fingerprint density at radius 3 is 2.69 bits per heavy atom. The summed E-state index contributed by atoms with van der Waals surface area (Å²) in [4.78, 5) is 11.2. The predicted molar refractivity (Wildman–Crippen MR) is 48.8 cm³/mol. The highest BCUT2D eigenvalue weighted by Crippen LogP contribution is 2.15. The number of hydrogen-bond acceptors (Lipinski definition) is 3. The molecule has 0 radical (unpaired) electrons. The molecule has 1 aromatic rings. The fourth-order valence-electron chi connectivity index (χ4n) is 1.10. The average molecular weight is 180 g/mol. The Morgan fingerprint density at radius 1 is 1.46 bits per heavy atom. The lowest BCUT2D eigenvalue weighted by Gasteiger charge is -2.03. The van der Waals surface area contributed by atoms with Crippen LogP contribution in [0.25, 0.3) is 0 Å². The Balaban J connectivity index is 2.94. The average Bonchev–Trinajstić information content (AvgIpc) is 2.03. The molecule has 1 rings (SSSR count). The summed E-state index contributed by atoms with van der Waals surface area (Å²) in [6.45, 7) is 3.89. The first-order valence-electron chi connectivity index (χ1n) is 4.11. The number of aromatic hydroxyl groups is 1. The number of carbonyl (C=O) groups is 1. The van der Waals surface area contributed by atoms with Gasteiger partial charge in [0.25, 0.3) is 0 Å². The molecule has 0 amide bonds. The number of phenolic OH excluding ortho intramolecular Hbond substituents is 1. The third kappa shape index (κ3) is 2.47. The molecule has 0 unspecified atom stereocenters. The number of hydrogen-bond donors (Lipinski definition) is 1. The minimum atomic E-state index is -0.401. The van der Waals surface area contributed by atoms with Gasteiger partial charge in [0.05, 0.1) is 12.2 Å². The van der Waals surface area contributed by atoms with Gasteiger partial charge in [0.1, 0.15) is 5.75 Å². The second kappa shape index (κ2) is 3.94. The minimum absolute atomic E-state index is 0.0862. The normalized spacial score (nSPS) is 9.69. The summed E-state index contributed by atoms with van der Waals surface area (Å²) in [7, 11) is 0. The number of esters is 1. The van der Waals surface area contributed by atoms with Gasteiger partial charge in [-0.15, -0.1) is 0 Å². The second-order valence-electron chi connectivity index (χ2n) is 2.78. The molecule has 0 aromatic heterocycles. The van der Waals surface area contributed by atoms with Crippen LogP contribution in [-0.4, -0.2) is 17.7 Å². The van der Waals surface area contributed by atoms with E-state index in [-0.39, 0.29) is 5.75 Å². The van der Waals surface area contributed by atoms with Gasteiger partial charge < -0.3 is 9.84 Å². The number of aryl methyl sites for hydroxylation is 1. The van der Waals surface area contributed by atoms with Crippen molar-refractivity contribution >= 4 is 5.97 Å². The number of phenols is 1. The fourth-order valence-corrected chi connectivity index (χ4v) is 1.10. The largest absolute Gasteiger partial charge is 0.508 e. The van der Waals surface area contributed by atoms with E-state index in [9.17, 15) is 9.90 Å². The van der Waals surface area contributed by atoms with Crippen LogP contribution in [-0.2, 0) is 4.74 Å². The highest BCUT2D eigenvalue weighted by molar-refractivity contribution is 5.90. The minimum Gasteiger partial charge on any atom is -0.508 e. The molecule has 3 heteroatoms. The van der Waals surface area contributed by atoms with E-state index in [1.165, 1.54) is 6.07 Å². The lowest BCUT2D eigenvalue weighted by Crippen LogP contribution is -2.04. The van der Waals surface area contributed by atoms with Gasteiger partial charge in [-0.3, -0.25) is 0 Å². The standard InChI is InChI=1S/C10H12O3/c1-3-13-10(12)8-4-7(2)5-9(11)6-8/h4-6,11H,3H2,1-2H3. The van der Waals surface area contributed by atoms with Crippen molar-refractivity contribution in [2.24, 2.45) is 0 Å². The molecule has 3 nitrogen and oxygen atoms in total. The molecule has 0 atom stereocenters. The summed E-state index contributed by atoms with van der Waals surface area (Å²) in [6, 6.07) is 4.66. The topological polar surface area (TPSA) is 46.5 Å². The molecular formula is C10H12O3. The summed E-state index contributed by atoms with van der Waals surface area (Å²) in [5.41, 5.74) is 1.22. The van der Waals surface area contributed by atoms with E-state index in [1.54, 1.807) is 19.1 Å². The second-order valence-corrected chi connectivity index (χ2v) is 2.78. The molecule has 0 spiro atoms. The van der Waals surface area contributed by atoms with Gasteiger partial charge in [-0.1, -0.05) is 0 Å². The van der Waals surface area contributed by atoms with Gasteiger partial charge in [0, 0.05) is 0 Å². The Morgan fingerprint density at radius 2 is 2.15 bits per heavy atom. The molecule has 0 aliphatic heterocycles. The number of ether oxygens (including phenoxy) is 1. The molecule has 1 aromatic carbocycles. The molecule has 0 heterocycles. The molecule has 70 valence electrons. The van der Waals surface area contributed by atoms with Crippen LogP contribution in [0.15, 0.2) is 18.2 Å². The first-order chi connectivity index (χ1) is 6.13. The zero-order valence-corrected chi connectivity index (χ0v) is 7.70. The maximum Gasteiger partial charge on any atom is 0.338 e. The number of rotatable bonds is 2. The molecule has 0 aliphatic rings. The van der Waals surface area contributed by atoms with Gasteiger partial charge in [-0.05, 0) is 37.6 Å². The summed E-state index contributed by atoms with van der Waals surface area (Å²) >= 11 is 0. The third-order valence-corrected chi connectivity index (χ3v) is 1.57. The van der Waals surface area contributed by atoms with Crippen molar-refractivity contribution in [1.82, 2.24) is 0 Å². The van der Waals surface area contributed by atoms with Crippen molar-refractivity contribution in [2.75, 3.05) is 6.61 Å². The lowest BCUT2D eigenvalue weighted by molar-refractivity contribution is 0.0526. The molecule has 0 saturated carbocycles. The zero-order valence-electron chi connectivity index (χ0n) is 7.70. The molecule has 0 saturated heterocycles. The van der Waals surface area contributed by atoms with Gasteiger partial charge in [-0.25, -0.2) is 4.79 Å². The maximum atomic E-state index is 11.2. The molecule has 0 fully saturated rings. The molecular weight excluding hydrogens is 168 g/mol. The highest BCUT2D eigenvalue weighted by atomic mass is 16.5. The zero-order chi connectivity index (χ0) is 9.84. The van der Waals surface area contributed by atoms with E-state index in [4.69, 9.17) is 4.74 Å². The Hall–Kier alpha value is -1.51. The number of carbonyl (C=O) groups excluding carboxylic acids is 1. The van der Waals surface area contributed by atoms with Crippen LogP contribution >= 0.6 is 0 Å². The predicted octanol–water partition coefficient (Wildman–Crippen LogP) is 1.88. The molecule has 13 heavy (non-hydrogen) atoms. The molecule has 1 N–H and O–H groups in total. The van der Waals surface area contributed by atoms with E-state index >= 15 is 0 Å². The van der Waals surface area contributed by atoms with Crippen molar-refractivity contribution < 1.29 is 14.6 Å². The van der Waals surface area contributed by atoms with Gasteiger partial charge in [0.2, 0.25) is 0 Å². The van der Waals surface area contributed by atoms with Gasteiger partial charge >= 0.3 is 5.97 Å². The van der Waals surface area contributed by atoms with E-state index in [1.807, 2.05) is 6.92 Å². The molecule has 0 aliphatic carbocycles. The van der Waals surface area contributed by atoms with E-state index < -0.39 is 5.97 Å². The van der Waals surface area contributed by atoms with E-state index in [0.717, 1.165) is 5.56 Å². The summed E-state index contributed by atoms with van der Waals surface area (Å²) in [5.74, 6) is -0.315. The van der Waals surface area contributed by atoms with Crippen molar-refractivity contribution in [3.8, 4) is 5.75 Å².